The molecule has 1 aliphatic heterocycles. The Morgan fingerprint density at radius 1 is 1.33 bits per heavy atom. The fourth-order valence-corrected chi connectivity index (χ4v) is 1.76. The number of benzene rings is 1. The maximum absolute atomic E-state index is 11.7. The van der Waals surface area contributed by atoms with Crippen LogP contribution >= 0.6 is 0 Å². The van der Waals surface area contributed by atoms with Crippen LogP contribution in [0.25, 0.3) is 5.69 Å². The van der Waals surface area contributed by atoms with Crippen molar-refractivity contribution in [1.29, 1.82) is 0 Å². The zero-order valence-electron chi connectivity index (χ0n) is 9.71. The van der Waals surface area contributed by atoms with E-state index in [1.54, 1.807) is 11.0 Å². The number of hydrogen-bond acceptors (Lipinski definition) is 4. The van der Waals surface area contributed by atoms with Gasteiger partial charge in [0.15, 0.2) is 0 Å². The molecule has 92 valence electrons. The molecule has 2 N–H and O–H groups in total. The van der Waals surface area contributed by atoms with E-state index in [1.807, 2.05) is 24.3 Å². The van der Waals surface area contributed by atoms with Gasteiger partial charge in [0.25, 0.3) is 0 Å². The minimum absolute atomic E-state index is 0.0715. The lowest BCUT2D eigenvalue weighted by Crippen LogP contribution is -2.48. The van der Waals surface area contributed by atoms with Crippen LogP contribution in [0.3, 0.4) is 0 Å². The third-order valence-electron chi connectivity index (χ3n) is 2.97. The van der Waals surface area contributed by atoms with Crippen LogP contribution < -0.4 is 10.6 Å². The standard InChI is InChI=1S/C12H13N5O/c18-12(9-5-13-6-9)16-10-1-3-11(4-2-10)17-8-14-7-15-17/h1-4,7-9,13H,5-6H2,(H,16,18). The van der Waals surface area contributed by atoms with Crippen LogP contribution in [0.5, 0.6) is 0 Å². The van der Waals surface area contributed by atoms with E-state index in [9.17, 15) is 4.79 Å². The number of carbonyl (C=O) groups excluding carboxylic acids is 1. The Labute approximate surface area is 104 Å². The molecule has 0 bridgehead atoms. The van der Waals surface area contributed by atoms with E-state index in [4.69, 9.17) is 0 Å². The van der Waals surface area contributed by atoms with Crippen LogP contribution in [0.1, 0.15) is 0 Å². The Morgan fingerprint density at radius 3 is 2.67 bits per heavy atom. The summed E-state index contributed by atoms with van der Waals surface area (Å²) in [6.07, 6.45) is 3.12. The van der Waals surface area contributed by atoms with Crippen molar-refractivity contribution in [2.24, 2.45) is 5.92 Å². The lowest BCUT2D eigenvalue weighted by Gasteiger charge is -2.25. The first kappa shape index (κ1) is 10.9. The summed E-state index contributed by atoms with van der Waals surface area (Å²) < 4.78 is 1.67. The highest BCUT2D eigenvalue weighted by Crippen LogP contribution is 2.14. The number of nitrogens with one attached hydrogen (secondary N) is 2. The molecule has 1 amide bonds. The lowest BCUT2D eigenvalue weighted by molar-refractivity contribution is -0.121. The predicted molar refractivity (Wildman–Crippen MR) is 66.3 cm³/mol. The fourth-order valence-electron chi connectivity index (χ4n) is 1.76. The van der Waals surface area contributed by atoms with Gasteiger partial charge in [-0.3, -0.25) is 4.79 Å². The van der Waals surface area contributed by atoms with Crippen molar-refractivity contribution in [1.82, 2.24) is 20.1 Å². The van der Waals surface area contributed by atoms with Gasteiger partial charge in [0.1, 0.15) is 12.7 Å². The summed E-state index contributed by atoms with van der Waals surface area (Å²) in [5.41, 5.74) is 1.71. The minimum Gasteiger partial charge on any atom is -0.326 e. The molecular formula is C12H13N5O. The topological polar surface area (TPSA) is 71.8 Å². The lowest BCUT2D eigenvalue weighted by atomic mass is 10.0. The molecule has 18 heavy (non-hydrogen) atoms. The van der Waals surface area contributed by atoms with Crippen molar-refractivity contribution in [2.45, 2.75) is 0 Å². The van der Waals surface area contributed by atoms with Crippen molar-refractivity contribution < 1.29 is 4.79 Å². The number of carbonyl (C=O) groups is 1. The summed E-state index contributed by atoms with van der Waals surface area (Å²) in [5, 5.41) is 10.0. The van der Waals surface area contributed by atoms with E-state index < -0.39 is 0 Å². The zero-order valence-corrected chi connectivity index (χ0v) is 9.71. The smallest absolute Gasteiger partial charge is 0.230 e. The van der Waals surface area contributed by atoms with Gasteiger partial charge in [0, 0.05) is 18.8 Å². The molecule has 1 fully saturated rings. The molecule has 3 rings (SSSR count). The van der Waals surface area contributed by atoms with Crippen molar-refractivity contribution in [3.63, 3.8) is 0 Å². The Kier molecular flexibility index (Phi) is 2.77. The third-order valence-corrected chi connectivity index (χ3v) is 2.97. The van der Waals surface area contributed by atoms with Crippen LogP contribution in [0.2, 0.25) is 0 Å². The number of amides is 1. The van der Waals surface area contributed by atoms with Gasteiger partial charge in [0.2, 0.25) is 5.91 Å². The van der Waals surface area contributed by atoms with Gasteiger partial charge in [-0.25, -0.2) is 9.67 Å². The summed E-state index contributed by atoms with van der Waals surface area (Å²) in [5.74, 6) is 0.169. The van der Waals surface area contributed by atoms with E-state index in [2.05, 4.69) is 20.7 Å². The number of nitrogens with zero attached hydrogens (tertiary/aromatic N) is 3. The summed E-state index contributed by atoms with van der Waals surface area (Å²) in [6.45, 7) is 1.53. The fraction of sp³-hybridized carbons (Fsp3) is 0.250. The highest BCUT2D eigenvalue weighted by molar-refractivity contribution is 5.93. The summed E-state index contributed by atoms with van der Waals surface area (Å²) >= 11 is 0. The largest absolute Gasteiger partial charge is 0.326 e. The van der Waals surface area contributed by atoms with Crippen molar-refractivity contribution in [3.8, 4) is 5.69 Å². The molecule has 0 aliphatic carbocycles. The zero-order chi connectivity index (χ0) is 12.4. The molecule has 2 aromatic rings. The van der Waals surface area contributed by atoms with E-state index >= 15 is 0 Å². The molecule has 2 heterocycles. The molecule has 1 aromatic heterocycles. The Morgan fingerprint density at radius 2 is 2.11 bits per heavy atom. The molecular weight excluding hydrogens is 230 g/mol. The number of aromatic nitrogens is 3. The van der Waals surface area contributed by atoms with E-state index in [1.165, 1.54) is 6.33 Å². The summed E-state index contributed by atoms with van der Waals surface area (Å²) in [7, 11) is 0. The molecule has 1 saturated heterocycles. The predicted octanol–water partition coefficient (Wildman–Crippen LogP) is 0.425. The quantitative estimate of drug-likeness (QED) is 0.819. The van der Waals surface area contributed by atoms with E-state index in [-0.39, 0.29) is 11.8 Å². The van der Waals surface area contributed by atoms with Gasteiger partial charge in [-0.15, -0.1) is 0 Å². The van der Waals surface area contributed by atoms with Gasteiger partial charge in [-0.1, -0.05) is 0 Å². The highest BCUT2D eigenvalue weighted by atomic mass is 16.2. The number of anilines is 1. The molecule has 0 unspecified atom stereocenters. The summed E-state index contributed by atoms with van der Waals surface area (Å²) in [6, 6.07) is 7.51. The van der Waals surface area contributed by atoms with Crippen molar-refractivity contribution in [3.05, 3.63) is 36.9 Å². The Bertz CT molecular complexity index is 530. The molecule has 1 aromatic carbocycles. The number of hydrogen-bond donors (Lipinski definition) is 2. The second-order valence-electron chi connectivity index (χ2n) is 4.23. The van der Waals surface area contributed by atoms with Crippen LogP contribution in [0.15, 0.2) is 36.9 Å². The average Bonchev–Trinajstić information content (AvgIpc) is 2.81. The molecule has 0 saturated carbocycles. The van der Waals surface area contributed by atoms with Crippen LogP contribution in [0, 0.1) is 5.92 Å². The molecule has 0 atom stereocenters. The van der Waals surface area contributed by atoms with Crippen molar-refractivity contribution >= 4 is 11.6 Å². The first-order valence-corrected chi connectivity index (χ1v) is 5.79. The Balaban J connectivity index is 1.69. The van der Waals surface area contributed by atoms with Gasteiger partial charge in [-0.05, 0) is 24.3 Å². The molecule has 6 nitrogen and oxygen atoms in total. The average molecular weight is 243 g/mol. The molecule has 0 radical (unpaired) electrons. The SMILES string of the molecule is O=C(Nc1ccc(-n2cncn2)cc1)C1CNC1. The monoisotopic (exact) mass is 243 g/mol. The first-order valence-electron chi connectivity index (χ1n) is 5.79. The maximum atomic E-state index is 11.7. The minimum atomic E-state index is 0.0715. The van der Waals surface area contributed by atoms with E-state index in [0.29, 0.717) is 0 Å². The highest BCUT2D eigenvalue weighted by Gasteiger charge is 2.24. The van der Waals surface area contributed by atoms with Gasteiger partial charge in [-0.2, -0.15) is 5.10 Å². The Hall–Kier alpha value is -2.21. The van der Waals surface area contributed by atoms with Gasteiger partial charge < -0.3 is 10.6 Å². The van der Waals surface area contributed by atoms with Crippen LogP contribution in [-0.4, -0.2) is 33.8 Å². The summed E-state index contributed by atoms with van der Waals surface area (Å²) in [4.78, 5) is 15.6. The second kappa shape index (κ2) is 4.58. The van der Waals surface area contributed by atoms with Crippen molar-refractivity contribution in [2.75, 3.05) is 18.4 Å². The maximum Gasteiger partial charge on any atom is 0.230 e. The molecule has 1 aliphatic rings. The number of rotatable bonds is 3. The molecule has 6 heteroatoms. The third kappa shape index (κ3) is 2.10. The second-order valence-corrected chi connectivity index (χ2v) is 4.23. The van der Waals surface area contributed by atoms with Gasteiger partial charge >= 0.3 is 0 Å². The molecule has 0 spiro atoms. The van der Waals surface area contributed by atoms with Crippen LogP contribution in [-0.2, 0) is 4.79 Å². The normalized spacial score (nSPS) is 15.1. The first-order chi connectivity index (χ1) is 8.83. The van der Waals surface area contributed by atoms with Gasteiger partial charge in [0.05, 0.1) is 11.6 Å². The van der Waals surface area contributed by atoms with Crippen LogP contribution in [0.4, 0.5) is 5.69 Å². The van der Waals surface area contributed by atoms with E-state index in [0.717, 1.165) is 24.5 Å².